The highest BCUT2D eigenvalue weighted by molar-refractivity contribution is 5.86. The van der Waals surface area contributed by atoms with Crippen LogP contribution in [0.5, 0.6) is 0 Å². The van der Waals surface area contributed by atoms with Gasteiger partial charge in [0.2, 0.25) is 0 Å². The van der Waals surface area contributed by atoms with Crippen LogP contribution in [0.2, 0.25) is 0 Å². The quantitative estimate of drug-likeness (QED) is 0.862. The molecule has 1 aliphatic rings. The number of anilines is 1. The molecule has 9 heteroatoms. The van der Waals surface area contributed by atoms with Gasteiger partial charge in [-0.3, -0.25) is 4.68 Å². The summed E-state index contributed by atoms with van der Waals surface area (Å²) >= 11 is 0. The van der Waals surface area contributed by atoms with E-state index in [1.807, 2.05) is 18.9 Å². The fraction of sp³-hybridized carbons (Fsp3) is 0.600. The summed E-state index contributed by atoms with van der Waals surface area (Å²) in [6.45, 7) is 5.19. The zero-order chi connectivity index (χ0) is 17.1. The highest BCUT2D eigenvalue weighted by Gasteiger charge is 2.24. The molecule has 9 nitrogen and oxygen atoms in total. The van der Waals surface area contributed by atoms with Gasteiger partial charge in [-0.25, -0.2) is 14.8 Å². The summed E-state index contributed by atoms with van der Waals surface area (Å²) in [6.07, 6.45) is 3.35. The summed E-state index contributed by atoms with van der Waals surface area (Å²) in [5.74, 6) is 0.876. The number of nitrogens with one attached hydrogen (secondary N) is 1. The van der Waals surface area contributed by atoms with E-state index in [9.17, 15) is 4.79 Å². The number of piperazine rings is 1. The summed E-state index contributed by atoms with van der Waals surface area (Å²) in [7, 11) is 3.49. The van der Waals surface area contributed by atoms with Crippen molar-refractivity contribution < 1.29 is 9.53 Å². The lowest BCUT2D eigenvalue weighted by molar-refractivity contribution is 0.158. The number of nitrogens with zero attached hydrogens (tertiary/aromatic N) is 6. The maximum atomic E-state index is 12.2. The average molecular weight is 333 g/mol. The third kappa shape index (κ3) is 3.25. The Hall–Kier alpha value is -2.42. The first-order chi connectivity index (χ1) is 11.6. The molecule has 0 bridgehead atoms. The normalized spacial score (nSPS) is 16.5. The van der Waals surface area contributed by atoms with E-state index in [2.05, 4.69) is 25.3 Å². The van der Waals surface area contributed by atoms with Gasteiger partial charge in [-0.15, -0.1) is 0 Å². The molecule has 1 atom stereocenters. The van der Waals surface area contributed by atoms with Crippen LogP contribution in [-0.4, -0.2) is 76.6 Å². The van der Waals surface area contributed by atoms with Gasteiger partial charge in [-0.1, -0.05) is 0 Å². The van der Waals surface area contributed by atoms with Crippen molar-refractivity contribution in [3.63, 3.8) is 0 Å². The van der Waals surface area contributed by atoms with Crippen molar-refractivity contribution in [2.24, 2.45) is 7.05 Å². The first-order valence-electron chi connectivity index (χ1n) is 8.02. The Morgan fingerprint density at radius 1 is 1.33 bits per heavy atom. The number of carbonyl (C=O) groups excluding carboxylic acids is 1. The van der Waals surface area contributed by atoms with Crippen molar-refractivity contribution in [1.29, 1.82) is 0 Å². The lowest BCUT2D eigenvalue weighted by Gasteiger charge is -2.36. The summed E-state index contributed by atoms with van der Waals surface area (Å²) < 4.78 is 6.78. The van der Waals surface area contributed by atoms with Crippen LogP contribution < -0.4 is 10.2 Å². The van der Waals surface area contributed by atoms with Gasteiger partial charge in [0.05, 0.1) is 24.2 Å². The van der Waals surface area contributed by atoms with Gasteiger partial charge >= 0.3 is 6.03 Å². The van der Waals surface area contributed by atoms with Crippen LogP contribution in [0, 0.1) is 0 Å². The molecule has 1 unspecified atom stereocenters. The van der Waals surface area contributed by atoms with Crippen molar-refractivity contribution >= 4 is 22.9 Å². The number of aryl methyl sites for hydroxylation is 1. The van der Waals surface area contributed by atoms with Crippen LogP contribution >= 0.6 is 0 Å². The van der Waals surface area contributed by atoms with E-state index in [1.165, 1.54) is 0 Å². The number of carbonyl (C=O) groups is 1. The van der Waals surface area contributed by atoms with Crippen molar-refractivity contribution in [2.45, 2.75) is 13.0 Å². The number of ether oxygens (including phenoxy) is 1. The van der Waals surface area contributed by atoms with E-state index in [0.717, 1.165) is 29.9 Å². The van der Waals surface area contributed by atoms with E-state index in [0.29, 0.717) is 19.7 Å². The molecule has 1 fully saturated rings. The maximum absolute atomic E-state index is 12.2. The number of methoxy groups -OCH3 is 1. The minimum absolute atomic E-state index is 0.00240. The van der Waals surface area contributed by atoms with Gasteiger partial charge in [0.15, 0.2) is 5.65 Å². The predicted molar refractivity (Wildman–Crippen MR) is 90.0 cm³/mol. The molecule has 2 aromatic heterocycles. The van der Waals surface area contributed by atoms with E-state index >= 15 is 0 Å². The first kappa shape index (κ1) is 16.4. The molecule has 1 N–H and O–H groups in total. The van der Waals surface area contributed by atoms with Gasteiger partial charge in [0, 0.05) is 40.3 Å². The van der Waals surface area contributed by atoms with Crippen LogP contribution in [0.4, 0.5) is 10.6 Å². The number of amides is 2. The predicted octanol–water partition coefficient (Wildman–Crippen LogP) is 0.230. The minimum atomic E-state index is -0.0478. The van der Waals surface area contributed by atoms with Crippen molar-refractivity contribution in [1.82, 2.24) is 30.0 Å². The molecule has 0 spiro atoms. The zero-order valence-corrected chi connectivity index (χ0v) is 14.3. The average Bonchev–Trinajstić information content (AvgIpc) is 2.97. The van der Waals surface area contributed by atoms with Crippen molar-refractivity contribution in [2.75, 3.05) is 44.8 Å². The lowest BCUT2D eigenvalue weighted by Crippen LogP contribution is -2.53. The number of urea groups is 1. The van der Waals surface area contributed by atoms with Crippen LogP contribution in [0.15, 0.2) is 12.5 Å². The second-order valence-corrected chi connectivity index (χ2v) is 5.98. The van der Waals surface area contributed by atoms with E-state index in [4.69, 9.17) is 4.74 Å². The number of hydrogen-bond acceptors (Lipinski definition) is 6. The van der Waals surface area contributed by atoms with Crippen LogP contribution in [0.25, 0.3) is 11.0 Å². The molecule has 1 saturated heterocycles. The van der Waals surface area contributed by atoms with Crippen LogP contribution in [0.3, 0.4) is 0 Å². The summed E-state index contributed by atoms with van der Waals surface area (Å²) in [5.41, 5.74) is 0.813. The molecule has 0 saturated carbocycles. The Kier molecular flexibility index (Phi) is 4.79. The molecule has 0 radical (unpaired) electrons. The second-order valence-electron chi connectivity index (χ2n) is 5.98. The smallest absolute Gasteiger partial charge is 0.317 e. The van der Waals surface area contributed by atoms with Crippen LogP contribution in [0.1, 0.15) is 6.92 Å². The third-order valence-corrected chi connectivity index (χ3v) is 4.16. The topological polar surface area (TPSA) is 88.4 Å². The zero-order valence-electron chi connectivity index (χ0n) is 14.3. The van der Waals surface area contributed by atoms with Crippen molar-refractivity contribution in [3.05, 3.63) is 12.5 Å². The first-order valence-corrected chi connectivity index (χ1v) is 8.02. The van der Waals surface area contributed by atoms with Gasteiger partial charge in [-0.2, -0.15) is 5.10 Å². The lowest BCUT2D eigenvalue weighted by atomic mass is 10.3. The van der Waals surface area contributed by atoms with E-state index < -0.39 is 0 Å². The highest BCUT2D eigenvalue weighted by atomic mass is 16.5. The van der Waals surface area contributed by atoms with E-state index in [-0.39, 0.29) is 12.1 Å². The Morgan fingerprint density at radius 2 is 2.08 bits per heavy atom. The fourth-order valence-corrected chi connectivity index (χ4v) is 2.92. The second kappa shape index (κ2) is 7.00. The Labute approximate surface area is 140 Å². The van der Waals surface area contributed by atoms with Gasteiger partial charge < -0.3 is 19.9 Å². The summed E-state index contributed by atoms with van der Waals surface area (Å²) in [4.78, 5) is 24.9. The third-order valence-electron chi connectivity index (χ3n) is 4.16. The standard InChI is InChI=1S/C15H23N7O2/c1-11(9-24-3)19-15(23)22-6-4-21(5-7-22)14-12-8-18-20(2)13(12)16-10-17-14/h8,10-11H,4-7,9H2,1-3H3,(H,19,23). The van der Waals surface area contributed by atoms with Crippen LogP contribution in [-0.2, 0) is 11.8 Å². The Balaban J connectivity index is 1.63. The highest BCUT2D eigenvalue weighted by Crippen LogP contribution is 2.23. The van der Waals surface area contributed by atoms with Gasteiger partial charge in [0.25, 0.3) is 0 Å². The molecule has 2 amide bonds. The Morgan fingerprint density at radius 3 is 2.79 bits per heavy atom. The van der Waals surface area contributed by atoms with Gasteiger partial charge in [-0.05, 0) is 6.92 Å². The Bertz CT molecular complexity index is 709. The number of fused-ring (bicyclic) bond motifs is 1. The van der Waals surface area contributed by atoms with Gasteiger partial charge in [0.1, 0.15) is 12.1 Å². The fourth-order valence-electron chi connectivity index (χ4n) is 2.92. The largest absolute Gasteiger partial charge is 0.383 e. The number of aromatic nitrogens is 4. The molecule has 2 aromatic rings. The minimum Gasteiger partial charge on any atom is -0.383 e. The molecule has 1 aliphatic heterocycles. The molecule has 130 valence electrons. The van der Waals surface area contributed by atoms with Crippen molar-refractivity contribution in [3.8, 4) is 0 Å². The monoisotopic (exact) mass is 333 g/mol. The molecular formula is C15H23N7O2. The molecule has 0 aliphatic carbocycles. The summed E-state index contributed by atoms with van der Waals surface area (Å²) in [6, 6.07) is -0.0502. The summed E-state index contributed by atoms with van der Waals surface area (Å²) in [5, 5.41) is 8.12. The SMILES string of the molecule is COCC(C)NC(=O)N1CCN(c2ncnc3c2cnn3C)CC1. The van der Waals surface area contributed by atoms with E-state index in [1.54, 1.807) is 24.3 Å². The number of hydrogen-bond donors (Lipinski definition) is 1. The molecule has 24 heavy (non-hydrogen) atoms. The molecule has 0 aromatic carbocycles. The number of rotatable bonds is 4. The molecule has 3 rings (SSSR count). The molecular weight excluding hydrogens is 310 g/mol. The maximum Gasteiger partial charge on any atom is 0.317 e. The molecule has 3 heterocycles.